The smallest absolute Gasteiger partial charge is 0.289 e. The van der Waals surface area contributed by atoms with Crippen LogP contribution in [0.2, 0.25) is 0 Å². The van der Waals surface area contributed by atoms with Crippen molar-refractivity contribution in [3.63, 3.8) is 0 Å². The number of nitrogens with one attached hydrogen (secondary N) is 1. The molecular weight excluding hydrogens is 346 g/mol. The molecule has 3 N–H and O–H groups in total. The molecule has 1 heterocycles. The summed E-state index contributed by atoms with van der Waals surface area (Å²) in [5.41, 5.74) is 13.4. The van der Waals surface area contributed by atoms with E-state index in [1.807, 2.05) is 13.8 Å². The van der Waals surface area contributed by atoms with E-state index in [1.165, 1.54) is 5.69 Å². The minimum absolute atomic E-state index is 0.295. The molecule has 0 atom stereocenters. The van der Waals surface area contributed by atoms with Crippen LogP contribution in [0.15, 0.2) is 29.8 Å². The molecule has 0 bridgehead atoms. The summed E-state index contributed by atoms with van der Waals surface area (Å²) in [5, 5.41) is 19.1. The van der Waals surface area contributed by atoms with E-state index in [-0.39, 0.29) is 0 Å². The molecule has 5 nitrogen and oxygen atoms in total. The number of nitrogens with two attached hydrogens (primary N) is 1. The van der Waals surface area contributed by atoms with Crippen LogP contribution in [0.3, 0.4) is 0 Å². The maximum absolute atomic E-state index is 9.66. The van der Waals surface area contributed by atoms with E-state index in [4.69, 9.17) is 5.73 Å². The summed E-state index contributed by atoms with van der Waals surface area (Å²) in [7, 11) is 0. The fourth-order valence-electron chi connectivity index (χ4n) is 3.81. The molecule has 3 rings (SSSR count). The lowest BCUT2D eigenvalue weighted by atomic mass is 9.95. The number of nitrogen functional groups attached to an aromatic ring is 1. The van der Waals surface area contributed by atoms with Gasteiger partial charge in [0.05, 0.1) is 0 Å². The molecule has 0 fully saturated rings. The molecule has 1 aliphatic carbocycles. The quantitative estimate of drug-likeness (QED) is 0.882. The van der Waals surface area contributed by atoms with Gasteiger partial charge in [-0.1, -0.05) is 12.1 Å². The van der Waals surface area contributed by atoms with E-state index in [2.05, 4.69) is 66.2 Å². The number of H-pyrrole nitrogens is 1. The van der Waals surface area contributed by atoms with Crippen molar-refractivity contribution in [2.45, 2.75) is 27.7 Å². The first-order valence-corrected chi connectivity index (χ1v) is 9.40. The molecule has 1 aromatic carbocycles. The fourth-order valence-corrected chi connectivity index (χ4v) is 3.81. The number of benzene rings is 1. The van der Waals surface area contributed by atoms with Gasteiger partial charge >= 0.3 is 0 Å². The highest BCUT2D eigenvalue weighted by Crippen LogP contribution is 2.42. The summed E-state index contributed by atoms with van der Waals surface area (Å²) >= 11 is 0. The van der Waals surface area contributed by atoms with Crippen LogP contribution in [0.1, 0.15) is 48.7 Å². The van der Waals surface area contributed by atoms with Crippen molar-refractivity contribution in [2.24, 2.45) is 0 Å². The molecule has 0 unspecified atom stereocenters. The summed E-state index contributed by atoms with van der Waals surface area (Å²) in [6, 6.07) is 12.8. The highest BCUT2D eigenvalue weighted by Gasteiger charge is 2.32. The number of anilines is 2. The number of aromatic amines is 1. The molecule has 1 aromatic heterocycles. The molecule has 5 heteroatoms. The summed E-state index contributed by atoms with van der Waals surface area (Å²) in [6.07, 6.45) is 2.07. The minimum atomic E-state index is 0.295. The highest BCUT2D eigenvalue weighted by molar-refractivity contribution is 6.07. The Bertz CT molecular complexity index is 1070. The lowest BCUT2D eigenvalue weighted by Crippen LogP contribution is -2.21. The Hall–Kier alpha value is -3.57. The van der Waals surface area contributed by atoms with Crippen molar-refractivity contribution in [3.8, 4) is 12.1 Å². The molecule has 0 saturated heterocycles. The van der Waals surface area contributed by atoms with E-state index in [0.717, 1.165) is 40.9 Å². The summed E-state index contributed by atoms with van der Waals surface area (Å²) in [4.78, 5) is 5.36. The minimum Gasteiger partial charge on any atom is -0.372 e. The lowest BCUT2D eigenvalue weighted by molar-refractivity contribution is -0.364. The SMILES string of the molecule is CCN(CC)c1ccc(/C=C2\C(C)=C(C#N)c3[nH+]c(N)c(C#N)c(C)c32)cc1. The number of pyridine rings is 1. The maximum Gasteiger partial charge on any atom is 0.289 e. The van der Waals surface area contributed by atoms with Crippen LogP contribution in [0.5, 0.6) is 0 Å². The van der Waals surface area contributed by atoms with Crippen molar-refractivity contribution in [1.82, 2.24) is 0 Å². The fraction of sp³-hybridized carbons (Fsp3) is 0.261. The average Bonchev–Trinajstić information content (AvgIpc) is 2.95. The van der Waals surface area contributed by atoms with E-state index in [9.17, 15) is 10.5 Å². The lowest BCUT2D eigenvalue weighted by Gasteiger charge is -2.21. The Morgan fingerprint density at radius 3 is 2.25 bits per heavy atom. The third-order valence-corrected chi connectivity index (χ3v) is 5.38. The molecule has 0 radical (unpaired) electrons. The van der Waals surface area contributed by atoms with E-state index >= 15 is 0 Å². The van der Waals surface area contributed by atoms with Gasteiger partial charge in [0, 0.05) is 24.3 Å². The zero-order chi connectivity index (χ0) is 20.4. The van der Waals surface area contributed by atoms with E-state index in [0.29, 0.717) is 22.6 Å². The van der Waals surface area contributed by atoms with Crippen molar-refractivity contribution < 1.29 is 4.98 Å². The second-order valence-corrected chi connectivity index (χ2v) is 6.83. The molecule has 0 spiro atoms. The number of aromatic nitrogens is 1. The molecule has 140 valence electrons. The summed E-state index contributed by atoms with van der Waals surface area (Å²) < 4.78 is 0. The third-order valence-electron chi connectivity index (χ3n) is 5.38. The molecule has 2 aromatic rings. The van der Waals surface area contributed by atoms with Crippen LogP contribution in [0, 0.1) is 29.6 Å². The summed E-state index contributed by atoms with van der Waals surface area (Å²) in [5.74, 6) is 0.295. The first-order chi connectivity index (χ1) is 13.5. The van der Waals surface area contributed by atoms with Crippen LogP contribution < -0.4 is 15.6 Å². The third kappa shape index (κ3) is 3.02. The Kier molecular flexibility index (Phi) is 5.20. The van der Waals surface area contributed by atoms with Gasteiger partial charge in [-0.05, 0) is 68.2 Å². The number of nitrogens with zero attached hydrogens (tertiary/aromatic N) is 3. The number of hydrogen-bond donors (Lipinski definition) is 1. The van der Waals surface area contributed by atoms with Gasteiger partial charge in [-0.25, -0.2) is 4.98 Å². The van der Waals surface area contributed by atoms with E-state index in [1.54, 1.807) is 0 Å². The van der Waals surface area contributed by atoms with Gasteiger partial charge in [0.2, 0.25) is 0 Å². The van der Waals surface area contributed by atoms with Crippen LogP contribution in [-0.2, 0) is 0 Å². The molecule has 0 saturated carbocycles. The molecular formula is C23H24N5+. The van der Waals surface area contributed by atoms with Crippen molar-refractivity contribution in [2.75, 3.05) is 23.7 Å². The van der Waals surface area contributed by atoms with Gasteiger partial charge < -0.3 is 4.90 Å². The van der Waals surface area contributed by atoms with Gasteiger partial charge in [-0.2, -0.15) is 10.5 Å². The number of rotatable bonds is 4. The average molecular weight is 370 g/mol. The van der Waals surface area contributed by atoms with Gasteiger partial charge in [0.25, 0.3) is 5.82 Å². The zero-order valence-electron chi connectivity index (χ0n) is 16.7. The van der Waals surface area contributed by atoms with Crippen LogP contribution >= 0.6 is 0 Å². The molecule has 0 aliphatic heterocycles. The van der Waals surface area contributed by atoms with Gasteiger partial charge in [-0.15, -0.1) is 0 Å². The maximum atomic E-state index is 9.66. The van der Waals surface area contributed by atoms with Gasteiger partial charge in [0.1, 0.15) is 23.3 Å². The molecule has 1 aliphatic rings. The van der Waals surface area contributed by atoms with Crippen LogP contribution in [0.25, 0.3) is 17.2 Å². The Labute approximate surface area is 166 Å². The predicted molar refractivity (Wildman–Crippen MR) is 113 cm³/mol. The van der Waals surface area contributed by atoms with E-state index < -0.39 is 0 Å². The largest absolute Gasteiger partial charge is 0.372 e. The van der Waals surface area contributed by atoms with Crippen molar-refractivity contribution in [3.05, 3.63) is 57.8 Å². The molecule has 0 amide bonds. The second kappa shape index (κ2) is 7.58. The van der Waals surface area contributed by atoms with Crippen molar-refractivity contribution in [1.29, 1.82) is 10.5 Å². The second-order valence-electron chi connectivity index (χ2n) is 6.83. The Morgan fingerprint density at radius 1 is 1.07 bits per heavy atom. The monoisotopic (exact) mass is 370 g/mol. The summed E-state index contributed by atoms with van der Waals surface area (Å²) in [6.45, 7) is 10.0. The normalized spacial score (nSPS) is 14.0. The van der Waals surface area contributed by atoms with Gasteiger partial charge in [-0.3, -0.25) is 5.73 Å². The number of allylic oxidation sites excluding steroid dienone is 3. The first kappa shape index (κ1) is 19.2. The first-order valence-electron chi connectivity index (χ1n) is 9.40. The van der Waals surface area contributed by atoms with Crippen LogP contribution in [0.4, 0.5) is 11.5 Å². The highest BCUT2D eigenvalue weighted by atomic mass is 15.1. The Balaban J connectivity index is 2.15. The predicted octanol–water partition coefficient (Wildman–Crippen LogP) is 3.96. The number of hydrogen-bond acceptors (Lipinski definition) is 4. The molecule has 28 heavy (non-hydrogen) atoms. The number of fused-ring (bicyclic) bond motifs is 1. The zero-order valence-corrected chi connectivity index (χ0v) is 16.7. The Morgan fingerprint density at radius 2 is 1.71 bits per heavy atom. The van der Waals surface area contributed by atoms with Crippen molar-refractivity contribution >= 4 is 28.7 Å². The number of nitriles is 2. The van der Waals surface area contributed by atoms with Gasteiger partial charge in [0.15, 0.2) is 5.69 Å². The topological polar surface area (TPSA) is 91.0 Å². The van der Waals surface area contributed by atoms with Crippen LogP contribution in [-0.4, -0.2) is 13.1 Å². The standard InChI is InChI=1S/C23H23N5/c1-5-28(6-2)17-9-7-16(8-10-17)11-18-14(3)19(12-24)22-21(18)15(4)20(13-25)23(26)27-22/h7-11H,5-6H2,1-4H3,(H2,26,27)/p+1/b18-11+.